The van der Waals surface area contributed by atoms with Crippen molar-refractivity contribution in [1.82, 2.24) is 4.90 Å². The number of hydrogen-bond donors (Lipinski definition) is 1. The molecule has 9 nitrogen and oxygen atoms in total. The highest BCUT2D eigenvalue weighted by molar-refractivity contribution is 7.89. The van der Waals surface area contributed by atoms with Crippen molar-refractivity contribution >= 4 is 16.1 Å². The lowest BCUT2D eigenvalue weighted by Gasteiger charge is -2.32. The first-order valence-electron chi connectivity index (χ1n) is 14.4. The fraction of sp³-hybridized carbons (Fsp3) is 0.567. The molecular weight excluding hydrogens is 589 g/mol. The van der Waals surface area contributed by atoms with Gasteiger partial charge >= 0.3 is 12.3 Å². The van der Waals surface area contributed by atoms with E-state index in [-0.39, 0.29) is 24.2 Å². The number of halogens is 3. The molecule has 0 aliphatic carbocycles. The first kappa shape index (κ1) is 33.0. The van der Waals surface area contributed by atoms with Gasteiger partial charge in [-0.05, 0) is 73.6 Å². The number of aryl methyl sites for hydroxylation is 1. The smallest absolute Gasteiger partial charge is 0.416 e. The summed E-state index contributed by atoms with van der Waals surface area (Å²) in [7, 11) is -4.25. The van der Waals surface area contributed by atoms with Gasteiger partial charge in [0.05, 0.1) is 23.6 Å². The SMILES string of the molecule is CC1(C)OCc2cc([C@@H]3CN(CCCCCCOCCCCc4cc(C(F)(F)F)cc(S(N)(=O)=O)c4)C(=O)O3)ccc2O1. The molecule has 0 spiro atoms. The zero-order valence-corrected chi connectivity index (χ0v) is 25.3. The van der Waals surface area contributed by atoms with Crippen LogP contribution in [0.2, 0.25) is 0 Å². The minimum atomic E-state index is -4.66. The molecule has 2 heterocycles. The molecule has 238 valence electrons. The van der Waals surface area contributed by atoms with Crippen molar-refractivity contribution < 1.29 is 45.3 Å². The maximum absolute atomic E-state index is 13.1. The van der Waals surface area contributed by atoms with Gasteiger partial charge in [0, 0.05) is 39.2 Å². The van der Waals surface area contributed by atoms with Crippen LogP contribution in [0.1, 0.15) is 80.7 Å². The van der Waals surface area contributed by atoms with Gasteiger partial charge in [0.2, 0.25) is 15.8 Å². The van der Waals surface area contributed by atoms with Gasteiger partial charge in [0.15, 0.2) is 0 Å². The van der Waals surface area contributed by atoms with Crippen molar-refractivity contribution in [2.45, 2.75) is 88.4 Å². The molecule has 13 heteroatoms. The second-order valence-electron chi connectivity index (χ2n) is 11.4. The lowest BCUT2D eigenvalue weighted by atomic mass is 10.0. The van der Waals surface area contributed by atoms with Gasteiger partial charge in [-0.15, -0.1) is 0 Å². The number of nitrogens with two attached hydrogens (primary N) is 1. The Kier molecular flexibility index (Phi) is 10.6. The van der Waals surface area contributed by atoms with E-state index in [0.29, 0.717) is 51.8 Å². The average molecular weight is 629 g/mol. The number of alkyl halides is 3. The highest BCUT2D eigenvalue weighted by Crippen LogP contribution is 2.35. The number of cyclic esters (lactones) is 1. The van der Waals surface area contributed by atoms with Gasteiger partial charge < -0.3 is 23.8 Å². The van der Waals surface area contributed by atoms with Gasteiger partial charge in [-0.25, -0.2) is 18.4 Å². The monoisotopic (exact) mass is 628 g/mol. The van der Waals surface area contributed by atoms with Gasteiger partial charge in [-0.1, -0.05) is 18.9 Å². The van der Waals surface area contributed by atoms with Gasteiger partial charge in [-0.3, -0.25) is 0 Å². The van der Waals surface area contributed by atoms with Crippen molar-refractivity contribution in [1.29, 1.82) is 0 Å². The van der Waals surface area contributed by atoms with E-state index >= 15 is 0 Å². The quantitative estimate of drug-likeness (QED) is 0.252. The number of benzene rings is 2. The third kappa shape index (κ3) is 9.56. The molecule has 2 aromatic carbocycles. The van der Waals surface area contributed by atoms with E-state index in [1.54, 1.807) is 4.90 Å². The van der Waals surface area contributed by atoms with Crippen LogP contribution in [0.5, 0.6) is 5.75 Å². The summed E-state index contributed by atoms with van der Waals surface area (Å²) < 4.78 is 85.3. The average Bonchev–Trinajstić information content (AvgIpc) is 3.30. The van der Waals surface area contributed by atoms with Crippen molar-refractivity contribution in [2.24, 2.45) is 5.14 Å². The number of amides is 1. The van der Waals surface area contributed by atoms with Crippen LogP contribution in [-0.4, -0.2) is 51.5 Å². The predicted octanol–water partition coefficient (Wildman–Crippen LogP) is 6.09. The highest BCUT2D eigenvalue weighted by Gasteiger charge is 2.34. The molecule has 43 heavy (non-hydrogen) atoms. The number of nitrogens with zero attached hydrogens (tertiary/aromatic N) is 1. The first-order valence-corrected chi connectivity index (χ1v) is 16.0. The summed E-state index contributed by atoms with van der Waals surface area (Å²) in [5, 5.41) is 5.04. The summed E-state index contributed by atoms with van der Waals surface area (Å²) >= 11 is 0. The number of fused-ring (bicyclic) bond motifs is 1. The van der Waals surface area contributed by atoms with Crippen LogP contribution < -0.4 is 9.88 Å². The topological polar surface area (TPSA) is 117 Å². The van der Waals surface area contributed by atoms with Gasteiger partial charge in [0.1, 0.15) is 11.9 Å². The Balaban J connectivity index is 1.07. The minimum Gasteiger partial charge on any atom is -0.463 e. The molecule has 2 aromatic rings. The molecule has 0 radical (unpaired) electrons. The maximum atomic E-state index is 13.1. The third-order valence-corrected chi connectivity index (χ3v) is 8.26. The highest BCUT2D eigenvalue weighted by atomic mass is 32.2. The summed E-state index contributed by atoms with van der Waals surface area (Å²) in [6.07, 6.45) is -0.276. The van der Waals surface area contributed by atoms with Crippen LogP contribution >= 0.6 is 0 Å². The minimum absolute atomic E-state index is 0.267. The van der Waals surface area contributed by atoms with Crippen LogP contribution in [0.4, 0.5) is 18.0 Å². The summed E-state index contributed by atoms with van der Waals surface area (Å²) in [4.78, 5) is 13.6. The predicted molar refractivity (Wildman–Crippen MR) is 152 cm³/mol. The van der Waals surface area contributed by atoms with Crippen molar-refractivity contribution in [3.63, 3.8) is 0 Å². The van der Waals surface area contributed by atoms with E-state index in [9.17, 15) is 26.4 Å². The molecular formula is C30H39F3N2O7S. The van der Waals surface area contributed by atoms with E-state index in [4.69, 9.17) is 24.1 Å². The molecule has 0 unspecified atom stereocenters. The Morgan fingerprint density at radius 1 is 1.02 bits per heavy atom. The van der Waals surface area contributed by atoms with Crippen LogP contribution in [0.15, 0.2) is 41.3 Å². The lowest BCUT2D eigenvalue weighted by Crippen LogP contribution is -2.35. The largest absolute Gasteiger partial charge is 0.463 e. The molecule has 1 amide bonds. The van der Waals surface area contributed by atoms with Crippen LogP contribution in [-0.2, 0) is 43.4 Å². The van der Waals surface area contributed by atoms with E-state index in [0.717, 1.165) is 48.6 Å². The molecule has 2 N–H and O–H groups in total. The Hall–Kier alpha value is -2.87. The van der Waals surface area contributed by atoms with E-state index < -0.39 is 32.4 Å². The molecule has 0 aromatic heterocycles. The number of primary sulfonamides is 1. The van der Waals surface area contributed by atoms with Crippen molar-refractivity contribution in [3.8, 4) is 5.75 Å². The fourth-order valence-electron chi connectivity index (χ4n) is 5.05. The normalized spacial score (nSPS) is 18.3. The zero-order chi connectivity index (χ0) is 31.3. The Bertz CT molecular complexity index is 1380. The Morgan fingerprint density at radius 2 is 1.74 bits per heavy atom. The Morgan fingerprint density at radius 3 is 2.47 bits per heavy atom. The van der Waals surface area contributed by atoms with Crippen molar-refractivity contribution in [3.05, 3.63) is 58.7 Å². The molecule has 0 saturated carbocycles. The molecule has 2 aliphatic rings. The molecule has 4 rings (SSSR count). The molecule has 2 aliphatic heterocycles. The summed E-state index contributed by atoms with van der Waals surface area (Å²) in [5.41, 5.74) is 1.09. The number of hydrogen-bond acceptors (Lipinski definition) is 7. The zero-order valence-electron chi connectivity index (χ0n) is 24.5. The van der Waals surface area contributed by atoms with Crippen LogP contribution in [0.3, 0.4) is 0 Å². The first-order chi connectivity index (χ1) is 20.2. The van der Waals surface area contributed by atoms with E-state index in [2.05, 4.69) is 0 Å². The second kappa shape index (κ2) is 13.8. The standard InChI is InChI=1S/C30H39F3N2O7S/c1-29(2)40-20-23-17-22(10-11-26(23)42-29)27-19-35(28(36)41-27)12-6-3-4-7-13-39-14-8-5-9-21-15-24(30(31,32)33)18-25(16-21)43(34,37)38/h10-11,15-18,27H,3-9,12-14,19-20H2,1-2H3,(H2,34,37,38)/t27-/m0/s1. The summed E-state index contributed by atoms with van der Waals surface area (Å²) in [5.74, 6) is 0.114. The number of unbranched alkanes of at least 4 members (excludes halogenated alkanes) is 4. The van der Waals surface area contributed by atoms with E-state index in [1.807, 2.05) is 32.0 Å². The van der Waals surface area contributed by atoms with E-state index in [1.165, 1.54) is 6.07 Å². The third-order valence-electron chi connectivity index (χ3n) is 7.37. The summed E-state index contributed by atoms with van der Waals surface area (Å²) in [6.45, 7) is 6.30. The lowest BCUT2D eigenvalue weighted by molar-refractivity contribution is -0.180. The van der Waals surface area contributed by atoms with Gasteiger partial charge in [-0.2, -0.15) is 13.2 Å². The summed E-state index contributed by atoms with van der Waals surface area (Å²) in [6, 6.07) is 8.50. The molecule has 0 bridgehead atoms. The number of carbonyl (C=O) groups is 1. The van der Waals surface area contributed by atoms with Crippen molar-refractivity contribution in [2.75, 3.05) is 26.3 Å². The number of sulfonamides is 1. The number of carbonyl (C=O) groups excluding carboxylic acids is 1. The van der Waals surface area contributed by atoms with Gasteiger partial charge in [0.25, 0.3) is 0 Å². The number of rotatable bonds is 14. The molecule has 1 saturated heterocycles. The molecule has 1 fully saturated rings. The number of ether oxygens (including phenoxy) is 4. The Labute approximate surface area is 250 Å². The van der Waals surface area contributed by atoms with Crippen LogP contribution in [0, 0.1) is 0 Å². The second-order valence-corrected chi connectivity index (χ2v) is 12.9. The molecule has 1 atom stereocenters. The maximum Gasteiger partial charge on any atom is 0.416 e. The fourth-order valence-corrected chi connectivity index (χ4v) is 5.66. The van der Waals surface area contributed by atoms with Crippen LogP contribution in [0.25, 0.3) is 0 Å².